The zero-order valence-corrected chi connectivity index (χ0v) is 19.8. The molecule has 5 rings (SSSR count). The van der Waals surface area contributed by atoms with Crippen LogP contribution >= 0.6 is 11.6 Å². The molecule has 11 heteroatoms. The summed E-state index contributed by atoms with van der Waals surface area (Å²) in [5, 5.41) is 14.8. The largest absolute Gasteiger partial charge is 0.453 e. The SMILES string of the molecule is COC(=O)Nc1ccc(-c2cnc3nc(-c4cc(NC(=O)N5CC(C#N)C5)ccc4Cl)[nH]c3c2)cc1. The average Bonchev–Trinajstić information content (AvgIpc) is 3.28. The molecule has 0 bridgehead atoms. The third kappa shape index (κ3) is 4.64. The molecule has 1 aliphatic rings. The number of urea groups is 1. The monoisotopic (exact) mass is 501 g/mol. The first-order valence-electron chi connectivity index (χ1n) is 11.0. The van der Waals surface area contributed by atoms with E-state index in [-0.39, 0.29) is 11.9 Å². The van der Waals surface area contributed by atoms with Gasteiger partial charge in [-0.3, -0.25) is 5.32 Å². The van der Waals surface area contributed by atoms with Crippen molar-refractivity contribution in [3.8, 4) is 28.6 Å². The molecule has 4 aromatic rings. The summed E-state index contributed by atoms with van der Waals surface area (Å²) in [4.78, 5) is 37.6. The number of ether oxygens (including phenoxy) is 1. The van der Waals surface area contributed by atoms with Crippen LogP contribution in [-0.2, 0) is 4.74 Å². The molecule has 3 amide bonds. The van der Waals surface area contributed by atoms with E-state index in [4.69, 9.17) is 16.9 Å². The molecule has 3 N–H and O–H groups in total. The number of hydrogen-bond donors (Lipinski definition) is 3. The van der Waals surface area contributed by atoms with E-state index in [9.17, 15) is 9.59 Å². The fourth-order valence-corrected chi connectivity index (χ4v) is 4.02. The lowest BCUT2D eigenvalue weighted by molar-refractivity contribution is 0.156. The normalized spacial score (nSPS) is 13.1. The fraction of sp³-hybridized carbons (Fsp3) is 0.160. The van der Waals surface area contributed by atoms with Crippen LogP contribution in [0.5, 0.6) is 0 Å². The lowest BCUT2D eigenvalue weighted by Crippen LogP contribution is -2.51. The van der Waals surface area contributed by atoms with Gasteiger partial charge in [-0.25, -0.2) is 19.6 Å². The van der Waals surface area contributed by atoms with Gasteiger partial charge in [0, 0.05) is 41.8 Å². The van der Waals surface area contributed by atoms with Gasteiger partial charge in [0.1, 0.15) is 5.82 Å². The van der Waals surface area contributed by atoms with Crippen LogP contribution in [0.4, 0.5) is 21.0 Å². The number of imidazole rings is 1. The number of anilines is 2. The highest BCUT2D eigenvalue weighted by molar-refractivity contribution is 6.33. The van der Waals surface area contributed by atoms with Gasteiger partial charge >= 0.3 is 12.1 Å². The van der Waals surface area contributed by atoms with Gasteiger partial charge in [-0.15, -0.1) is 0 Å². The van der Waals surface area contributed by atoms with Gasteiger partial charge in [0.15, 0.2) is 5.65 Å². The number of carbonyl (C=O) groups is 2. The Bertz CT molecular complexity index is 1500. The van der Waals surface area contributed by atoms with E-state index < -0.39 is 6.09 Å². The number of aromatic amines is 1. The number of benzene rings is 2. The summed E-state index contributed by atoms with van der Waals surface area (Å²) in [7, 11) is 1.31. The number of nitrogens with one attached hydrogen (secondary N) is 3. The van der Waals surface area contributed by atoms with E-state index in [0.717, 1.165) is 11.1 Å². The molecule has 180 valence electrons. The molecule has 0 aliphatic carbocycles. The number of carbonyl (C=O) groups excluding carboxylic acids is 2. The molecule has 0 atom stereocenters. The van der Waals surface area contributed by atoms with Gasteiger partial charge < -0.3 is 19.9 Å². The molecule has 2 aromatic heterocycles. The number of methoxy groups -OCH3 is 1. The Balaban J connectivity index is 1.36. The van der Waals surface area contributed by atoms with Crippen molar-refractivity contribution in [1.29, 1.82) is 5.26 Å². The van der Waals surface area contributed by atoms with E-state index >= 15 is 0 Å². The van der Waals surface area contributed by atoms with E-state index in [1.54, 1.807) is 41.4 Å². The molecule has 0 saturated carbocycles. The Morgan fingerprint density at radius 3 is 2.58 bits per heavy atom. The second-order valence-corrected chi connectivity index (χ2v) is 8.64. The number of halogens is 1. The maximum Gasteiger partial charge on any atom is 0.411 e. The van der Waals surface area contributed by atoms with Gasteiger partial charge in [-0.2, -0.15) is 5.26 Å². The molecule has 0 radical (unpaired) electrons. The minimum Gasteiger partial charge on any atom is -0.453 e. The fourth-order valence-electron chi connectivity index (χ4n) is 3.81. The van der Waals surface area contributed by atoms with Crippen LogP contribution < -0.4 is 10.6 Å². The van der Waals surface area contributed by atoms with E-state index in [1.165, 1.54) is 7.11 Å². The third-order valence-electron chi connectivity index (χ3n) is 5.81. The van der Waals surface area contributed by atoms with Gasteiger partial charge in [-0.05, 0) is 42.0 Å². The van der Waals surface area contributed by atoms with Crippen molar-refractivity contribution >= 4 is 46.3 Å². The molecule has 1 aliphatic heterocycles. The zero-order chi connectivity index (χ0) is 25.2. The number of aromatic nitrogens is 3. The molecule has 10 nitrogen and oxygen atoms in total. The van der Waals surface area contributed by atoms with Crippen LogP contribution in [-0.4, -0.2) is 52.2 Å². The van der Waals surface area contributed by atoms with Gasteiger partial charge in [0.2, 0.25) is 0 Å². The second kappa shape index (κ2) is 9.56. The predicted octanol–water partition coefficient (Wildman–Crippen LogP) is 5.11. The van der Waals surface area contributed by atoms with Gasteiger partial charge in [0.05, 0.1) is 29.6 Å². The Hall–Kier alpha value is -4.62. The van der Waals surface area contributed by atoms with Crippen LogP contribution in [0, 0.1) is 17.2 Å². The topological polar surface area (TPSA) is 136 Å². The van der Waals surface area contributed by atoms with Crippen molar-refractivity contribution < 1.29 is 14.3 Å². The highest BCUT2D eigenvalue weighted by Crippen LogP contribution is 2.31. The van der Waals surface area contributed by atoms with E-state index in [0.29, 0.717) is 52.0 Å². The maximum absolute atomic E-state index is 12.4. The Kier molecular flexibility index (Phi) is 6.14. The lowest BCUT2D eigenvalue weighted by Gasteiger charge is -2.35. The number of nitrogens with zero attached hydrogens (tertiary/aromatic N) is 4. The van der Waals surface area contributed by atoms with Crippen LogP contribution in [0.1, 0.15) is 0 Å². The Labute approximate surface area is 210 Å². The number of rotatable bonds is 4. The van der Waals surface area contributed by atoms with Crippen molar-refractivity contribution in [2.45, 2.75) is 0 Å². The number of pyridine rings is 1. The summed E-state index contributed by atoms with van der Waals surface area (Å²) < 4.78 is 4.60. The van der Waals surface area contributed by atoms with Crippen molar-refractivity contribution in [3.63, 3.8) is 0 Å². The van der Waals surface area contributed by atoms with Crippen LogP contribution in [0.25, 0.3) is 33.7 Å². The first kappa shape index (κ1) is 23.1. The molecule has 1 fully saturated rings. The molecule has 1 saturated heterocycles. The average molecular weight is 502 g/mol. The summed E-state index contributed by atoms with van der Waals surface area (Å²) in [5.41, 5.74) is 4.80. The Morgan fingerprint density at radius 1 is 1.11 bits per heavy atom. The summed E-state index contributed by atoms with van der Waals surface area (Å²) in [6.07, 6.45) is 1.18. The molecule has 2 aromatic carbocycles. The maximum atomic E-state index is 12.4. The minimum absolute atomic E-state index is 0.112. The van der Waals surface area contributed by atoms with E-state index in [2.05, 4.69) is 36.4 Å². The quantitative estimate of drug-likeness (QED) is 0.355. The van der Waals surface area contributed by atoms with Crippen molar-refractivity contribution in [2.24, 2.45) is 5.92 Å². The molecule has 0 spiro atoms. The van der Waals surface area contributed by atoms with Crippen molar-refractivity contribution in [3.05, 3.63) is 59.8 Å². The van der Waals surface area contributed by atoms with Crippen LogP contribution in [0.3, 0.4) is 0 Å². The second-order valence-electron chi connectivity index (χ2n) is 8.23. The lowest BCUT2D eigenvalue weighted by atomic mass is 10.0. The number of H-pyrrole nitrogens is 1. The molecule has 3 heterocycles. The number of hydrogen-bond acceptors (Lipinski definition) is 6. The van der Waals surface area contributed by atoms with Crippen molar-refractivity contribution in [2.75, 3.05) is 30.8 Å². The summed E-state index contributed by atoms with van der Waals surface area (Å²) in [6.45, 7) is 0.843. The zero-order valence-electron chi connectivity index (χ0n) is 19.1. The highest BCUT2D eigenvalue weighted by atomic mass is 35.5. The number of amides is 3. The summed E-state index contributed by atoms with van der Waals surface area (Å²) in [5.74, 6) is 0.404. The Morgan fingerprint density at radius 2 is 1.86 bits per heavy atom. The predicted molar refractivity (Wildman–Crippen MR) is 135 cm³/mol. The first-order chi connectivity index (χ1) is 17.4. The van der Waals surface area contributed by atoms with Crippen molar-refractivity contribution in [1.82, 2.24) is 19.9 Å². The molecular weight excluding hydrogens is 482 g/mol. The van der Waals surface area contributed by atoms with Gasteiger partial charge in [0.25, 0.3) is 0 Å². The van der Waals surface area contributed by atoms with E-state index in [1.807, 2.05) is 18.2 Å². The number of fused-ring (bicyclic) bond motifs is 1. The summed E-state index contributed by atoms with van der Waals surface area (Å²) >= 11 is 6.44. The smallest absolute Gasteiger partial charge is 0.411 e. The number of nitriles is 1. The molecule has 0 unspecified atom stereocenters. The summed E-state index contributed by atoms with van der Waals surface area (Å²) in [6, 6.07) is 16.2. The minimum atomic E-state index is -0.536. The first-order valence-corrected chi connectivity index (χ1v) is 11.4. The standard InChI is InChI=1S/C25H20ClN7O3/c1-36-25(35)30-17-4-2-15(3-5-17)16-8-21-23(28-11-16)32-22(31-21)19-9-18(6-7-20(19)26)29-24(34)33-12-14(10-27)13-33/h2-9,11,14H,12-13H2,1H3,(H,29,34)(H,30,35)(H,28,31,32). The molecular formula is C25H20ClN7O3. The van der Waals surface area contributed by atoms with Crippen LogP contribution in [0.2, 0.25) is 5.02 Å². The number of likely N-dealkylation sites (tertiary alicyclic amines) is 1. The molecule has 36 heavy (non-hydrogen) atoms. The third-order valence-corrected chi connectivity index (χ3v) is 6.14. The van der Waals surface area contributed by atoms with Crippen LogP contribution in [0.15, 0.2) is 54.7 Å². The highest BCUT2D eigenvalue weighted by Gasteiger charge is 2.30. The van der Waals surface area contributed by atoms with Gasteiger partial charge in [-0.1, -0.05) is 23.7 Å².